The second-order valence-corrected chi connectivity index (χ2v) is 6.62. The molecule has 7 heteroatoms. The molecule has 0 bridgehead atoms. The van der Waals surface area contributed by atoms with Crippen molar-refractivity contribution in [3.05, 3.63) is 59.3 Å². The average molecular weight is 495 g/mol. The van der Waals surface area contributed by atoms with Gasteiger partial charge < -0.3 is 20.3 Å². The first-order valence-corrected chi connectivity index (χ1v) is 9.60. The van der Waals surface area contributed by atoms with Crippen molar-refractivity contribution in [1.29, 1.82) is 0 Å². The minimum Gasteiger partial charge on any atom is -0.378 e. The van der Waals surface area contributed by atoms with E-state index in [4.69, 9.17) is 9.73 Å². The number of anilines is 1. The third kappa shape index (κ3) is 6.63. The second-order valence-electron chi connectivity index (χ2n) is 6.62. The summed E-state index contributed by atoms with van der Waals surface area (Å²) in [5.74, 6) is 1.84. The summed E-state index contributed by atoms with van der Waals surface area (Å²) in [5, 5.41) is 6.76. The topological polar surface area (TPSA) is 61.8 Å². The lowest BCUT2D eigenvalue weighted by atomic mass is 10.1. The maximum Gasteiger partial charge on any atom is 0.191 e. The molecule has 1 aromatic carbocycles. The van der Waals surface area contributed by atoms with Gasteiger partial charge in [-0.1, -0.05) is 35.9 Å². The van der Waals surface area contributed by atoms with E-state index in [1.807, 2.05) is 12.3 Å². The van der Waals surface area contributed by atoms with Crippen molar-refractivity contribution in [3.8, 4) is 0 Å². The summed E-state index contributed by atoms with van der Waals surface area (Å²) >= 11 is 0. The molecule has 0 unspecified atom stereocenters. The fourth-order valence-electron chi connectivity index (χ4n) is 3.01. The number of aromatic nitrogens is 1. The zero-order valence-electron chi connectivity index (χ0n) is 16.6. The van der Waals surface area contributed by atoms with Gasteiger partial charge in [0.2, 0.25) is 0 Å². The van der Waals surface area contributed by atoms with E-state index in [-0.39, 0.29) is 24.0 Å². The molecular formula is C21H30IN5O. The van der Waals surface area contributed by atoms with Gasteiger partial charge >= 0.3 is 0 Å². The van der Waals surface area contributed by atoms with Gasteiger partial charge in [0.15, 0.2) is 5.96 Å². The minimum absolute atomic E-state index is 0. The Hall–Kier alpha value is -1.87. The molecule has 3 rings (SSSR count). The van der Waals surface area contributed by atoms with Crippen LogP contribution in [0.2, 0.25) is 0 Å². The largest absolute Gasteiger partial charge is 0.378 e. The van der Waals surface area contributed by atoms with Crippen molar-refractivity contribution in [1.82, 2.24) is 15.6 Å². The van der Waals surface area contributed by atoms with Gasteiger partial charge in [0, 0.05) is 37.9 Å². The van der Waals surface area contributed by atoms with E-state index in [0.29, 0.717) is 13.1 Å². The van der Waals surface area contributed by atoms with Crippen LogP contribution in [0.15, 0.2) is 47.6 Å². The molecule has 1 fully saturated rings. The highest BCUT2D eigenvalue weighted by Crippen LogP contribution is 2.18. The number of morpholine rings is 1. The Morgan fingerprint density at radius 3 is 2.61 bits per heavy atom. The number of nitrogens with zero attached hydrogens (tertiary/aromatic N) is 3. The van der Waals surface area contributed by atoms with Gasteiger partial charge in [0.25, 0.3) is 0 Å². The fourth-order valence-corrected chi connectivity index (χ4v) is 3.01. The van der Waals surface area contributed by atoms with Gasteiger partial charge in [0.05, 0.1) is 19.8 Å². The Kier molecular flexibility index (Phi) is 9.49. The summed E-state index contributed by atoms with van der Waals surface area (Å²) in [6.45, 7) is 9.60. The number of hydrogen-bond acceptors (Lipinski definition) is 4. The van der Waals surface area contributed by atoms with Crippen molar-refractivity contribution in [2.75, 3.05) is 37.7 Å². The number of aliphatic imine (C=N–C) groups is 1. The van der Waals surface area contributed by atoms with E-state index in [1.54, 1.807) is 0 Å². The third-order valence-electron chi connectivity index (χ3n) is 4.51. The zero-order chi connectivity index (χ0) is 18.9. The standard InChI is InChI=1S/C21H29N5O.HI/c1-3-22-21(24-15-18-8-6-17(2)7-9-18)25-16-19-5-4-10-23-20(19)26-11-13-27-14-12-26;/h4-10H,3,11-16H2,1-2H3,(H2,22,24,25);1H. The molecule has 0 aliphatic carbocycles. The number of pyridine rings is 1. The van der Waals surface area contributed by atoms with Crippen LogP contribution >= 0.6 is 24.0 Å². The summed E-state index contributed by atoms with van der Waals surface area (Å²) in [6, 6.07) is 12.6. The number of hydrogen-bond donors (Lipinski definition) is 2. The van der Waals surface area contributed by atoms with Crippen LogP contribution in [0.4, 0.5) is 5.82 Å². The van der Waals surface area contributed by atoms with Crippen LogP contribution in [0, 0.1) is 6.92 Å². The summed E-state index contributed by atoms with van der Waals surface area (Å²) in [4.78, 5) is 11.6. The lowest BCUT2D eigenvalue weighted by Gasteiger charge is -2.29. The van der Waals surface area contributed by atoms with Crippen LogP contribution in [0.1, 0.15) is 23.6 Å². The minimum atomic E-state index is 0. The summed E-state index contributed by atoms with van der Waals surface area (Å²) in [6.07, 6.45) is 1.85. The Labute approximate surface area is 184 Å². The Balaban J connectivity index is 0.00000280. The monoisotopic (exact) mass is 495 g/mol. The zero-order valence-corrected chi connectivity index (χ0v) is 19.0. The molecule has 2 N–H and O–H groups in total. The Bertz CT molecular complexity index is 745. The highest BCUT2D eigenvalue weighted by molar-refractivity contribution is 14.0. The maximum absolute atomic E-state index is 5.46. The van der Waals surface area contributed by atoms with Crippen LogP contribution in [0.5, 0.6) is 0 Å². The number of nitrogens with one attached hydrogen (secondary N) is 2. The SMILES string of the molecule is CCNC(=NCc1ccc(C)cc1)NCc1cccnc1N1CCOCC1.I. The summed E-state index contributed by atoms with van der Waals surface area (Å²) in [5.41, 5.74) is 3.63. The second kappa shape index (κ2) is 11.9. The number of guanidine groups is 1. The molecule has 1 aliphatic rings. The van der Waals surface area contributed by atoms with E-state index in [2.05, 4.69) is 64.7 Å². The van der Waals surface area contributed by atoms with Crippen LogP contribution in [-0.4, -0.2) is 43.8 Å². The summed E-state index contributed by atoms with van der Waals surface area (Å²) < 4.78 is 5.46. The molecule has 1 saturated heterocycles. The van der Waals surface area contributed by atoms with Crippen LogP contribution in [-0.2, 0) is 17.8 Å². The van der Waals surface area contributed by atoms with Crippen molar-refractivity contribution in [3.63, 3.8) is 0 Å². The van der Waals surface area contributed by atoms with Gasteiger partial charge in [-0.2, -0.15) is 0 Å². The molecule has 2 heterocycles. The van der Waals surface area contributed by atoms with Crippen LogP contribution < -0.4 is 15.5 Å². The normalized spacial score (nSPS) is 14.4. The molecule has 28 heavy (non-hydrogen) atoms. The Morgan fingerprint density at radius 2 is 1.89 bits per heavy atom. The van der Waals surface area contributed by atoms with E-state index >= 15 is 0 Å². The molecule has 1 aromatic heterocycles. The van der Waals surface area contributed by atoms with Crippen molar-refractivity contribution in [2.45, 2.75) is 26.9 Å². The predicted octanol–water partition coefficient (Wildman–Crippen LogP) is 3.10. The van der Waals surface area contributed by atoms with E-state index in [1.165, 1.54) is 16.7 Å². The lowest BCUT2D eigenvalue weighted by Crippen LogP contribution is -2.39. The van der Waals surface area contributed by atoms with Gasteiger partial charge in [-0.25, -0.2) is 9.98 Å². The number of rotatable bonds is 6. The maximum atomic E-state index is 5.46. The van der Waals surface area contributed by atoms with E-state index in [9.17, 15) is 0 Å². The van der Waals surface area contributed by atoms with E-state index in [0.717, 1.165) is 44.6 Å². The number of benzene rings is 1. The molecule has 0 saturated carbocycles. The first-order chi connectivity index (χ1) is 13.3. The van der Waals surface area contributed by atoms with Crippen LogP contribution in [0.25, 0.3) is 0 Å². The molecule has 0 amide bonds. The fraction of sp³-hybridized carbons (Fsp3) is 0.429. The molecule has 6 nitrogen and oxygen atoms in total. The number of aryl methyl sites for hydroxylation is 1. The molecule has 1 aliphatic heterocycles. The van der Waals surface area contributed by atoms with Gasteiger partial charge in [-0.15, -0.1) is 24.0 Å². The number of ether oxygens (including phenoxy) is 1. The van der Waals surface area contributed by atoms with Crippen molar-refractivity contribution >= 4 is 35.8 Å². The average Bonchev–Trinajstić information content (AvgIpc) is 2.72. The first-order valence-electron chi connectivity index (χ1n) is 9.60. The first kappa shape index (κ1) is 22.4. The molecule has 152 valence electrons. The van der Waals surface area contributed by atoms with Crippen LogP contribution in [0.3, 0.4) is 0 Å². The molecule has 0 radical (unpaired) electrons. The van der Waals surface area contributed by atoms with Crippen molar-refractivity contribution < 1.29 is 4.74 Å². The van der Waals surface area contributed by atoms with Gasteiger partial charge in [-0.05, 0) is 25.5 Å². The number of halogens is 1. The highest BCUT2D eigenvalue weighted by Gasteiger charge is 2.15. The van der Waals surface area contributed by atoms with E-state index < -0.39 is 0 Å². The molecule has 0 spiro atoms. The third-order valence-corrected chi connectivity index (χ3v) is 4.51. The molecular weight excluding hydrogens is 465 g/mol. The summed E-state index contributed by atoms with van der Waals surface area (Å²) in [7, 11) is 0. The smallest absolute Gasteiger partial charge is 0.191 e. The molecule has 2 aromatic rings. The lowest BCUT2D eigenvalue weighted by molar-refractivity contribution is 0.122. The highest BCUT2D eigenvalue weighted by atomic mass is 127. The quantitative estimate of drug-likeness (QED) is 0.367. The van der Waals surface area contributed by atoms with Crippen molar-refractivity contribution in [2.24, 2.45) is 4.99 Å². The molecule has 0 atom stereocenters. The predicted molar refractivity (Wildman–Crippen MR) is 126 cm³/mol. The van der Waals surface area contributed by atoms with Gasteiger partial charge in [-0.3, -0.25) is 0 Å². The Morgan fingerprint density at radius 1 is 1.14 bits per heavy atom. The van der Waals surface area contributed by atoms with Gasteiger partial charge in [0.1, 0.15) is 5.82 Å².